The van der Waals surface area contributed by atoms with Crippen LogP contribution in [0.3, 0.4) is 0 Å². The minimum atomic E-state index is 0.217. The smallest absolute Gasteiger partial charge is 0.0182 e. The van der Waals surface area contributed by atoms with Gasteiger partial charge in [0.1, 0.15) is 0 Å². The van der Waals surface area contributed by atoms with Crippen LogP contribution in [0, 0.1) is 11.8 Å². The Labute approximate surface area is 101 Å². The van der Waals surface area contributed by atoms with Gasteiger partial charge in [-0.15, -0.1) is 0 Å². The van der Waals surface area contributed by atoms with Crippen molar-refractivity contribution < 1.29 is 0 Å². The Balaban J connectivity index is 1.90. The fourth-order valence-corrected chi connectivity index (χ4v) is 3.94. The van der Waals surface area contributed by atoms with Crippen LogP contribution < -0.4 is 5.73 Å². The highest BCUT2D eigenvalue weighted by molar-refractivity contribution is 4.94. The molecule has 0 heterocycles. The van der Waals surface area contributed by atoms with Crippen molar-refractivity contribution in [3.05, 3.63) is 0 Å². The Hall–Kier alpha value is -0.0400. The summed E-state index contributed by atoms with van der Waals surface area (Å²) in [6, 6.07) is 0. The Bertz CT molecular complexity index is 195. The predicted molar refractivity (Wildman–Crippen MR) is 70.4 cm³/mol. The molecular formula is C15H29N. The lowest BCUT2D eigenvalue weighted by molar-refractivity contribution is 0.154. The van der Waals surface area contributed by atoms with Crippen LogP contribution in [0.4, 0.5) is 0 Å². The van der Waals surface area contributed by atoms with E-state index in [-0.39, 0.29) is 5.54 Å². The van der Waals surface area contributed by atoms with Crippen LogP contribution >= 0.6 is 0 Å². The minimum Gasteiger partial charge on any atom is -0.325 e. The molecule has 0 atom stereocenters. The van der Waals surface area contributed by atoms with Gasteiger partial charge in [0, 0.05) is 5.54 Å². The molecule has 0 aromatic rings. The quantitative estimate of drug-likeness (QED) is 0.696. The van der Waals surface area contributed by atoms with Gasteiger partial charge in [-0.3, -0.25) is 0 Å². The van der Waals surface area contributed by atoms with Gasteiger partial charge < -0.3 is 5.73 Å². The van der Waals surface area contributed by atoms with Crippen molar-refractivity contribution in [3.63, 3.8) is 0 Å². The predicted octanol–water partition coefficient (Wildman–Crippen LogP) is 4.25. The second kappa shape index (κ2) is 5.53. The Kier molecular flexibility index (Phi) is 4.29. The van der Waals surface area contributed by atoms with E-state index in [0.717, 1.165) is 11.8 Å². The molecule has 1 nitrogen and oxygen atoms in total. The van der Waals surface area contributed by atoms with Gasteiger partial charge in [-0.25, -0.2) is 0 Å². The zero-order valence-electron chi connectivity index (χ0n) is 11.0. The summed E-state index contributed by atoms with van der Waals surface area (Å²) in [5, 5.41) is 0. The summed E-state index contributed by atoms with van der Waals surface area (Å²) in [6.45, 7) is 2.34. The highest BCUT2D eigenvalue weighted by atomic mass is 14.8. The number of rotatable bonds is 2. The first-order chi connectivity index (χ1) is 7.74. The van der Waals surface area contributed by atoms with Crippen LogP contribution in [0.25, 0.3) is 0 Å². The zero-order valence-corrected chi connectivity index (χ0v) is 11.0. The molecule has 0 radical (unpaired) electrons. The third-order valence-corrected chi connectivity index (χ3v) is 5.27. The van der Waals surface area contributed by atoms with Crippen molar-refractivity contribution in [2.75, 3.05) is 0 Å². The highest BCUT2D eigenvalue weighted by Crippen LogP contribution is 2.41. The first-order valence-corrected chi connectivity index (χ1v) is 7.53. The normalized spacial score (nSPS) is 35.6. The molecule has 0 aliphatic heterocycles. The van der Waals surface area contributed by atoms with E-state index in [9.17, 15) is 0 Å². The molecule has 1 heteroatoms. The topological polar surface area (TPSA) is 26.0 Å². The molecule has 16 heavy (non-hydrogen) atoms. The SMILES string of the molecule is CCC1CCC(C2(N)CCCCCC2)CC1. The van der Waals surface area contributed by atoms with Crippen LogP contribution in [-0.2, 0) is 0 Å². The lowest BCUT2D eigenvalue weighted by Crippen LogP contribution is -2.48. The van der Waals surface area contributed by atoms with Crippen LogP contribution in [0.2, 0.25) is 0 Å². The highest BCUT2D eigenvalue weighted by Gasteiger charge is 2.36. The maximum atomic E-state index is 6.72. The molecule has 0 saturated heterocycles. The van der Waals surface area contributed by atoms with Crippen molar-refractivity contribution in [3.8, 4) is 0 Å². The van der Waals surface area contributed by atoms with E-state index < -0.39 is 0 Å². The molecule has 94 valence electrons. The summed E-state index contributed by atoms with van der Waals surface area (Å²) < 4.78 is 0. The molecule has 2 aliphatic rings. The van der Waals surface area contributed by atoms with Crippen LogP contribution in [0.15, 0.2) is 0 Å². The van der Waals surface area contributed by atoms with Crippen molar-refractivity contribution in [1.82, 2.24) is 0 Å². The van der Waals surface area contributed by atoms with Crippen molar-refractivity contribution >= 4 is 0 Å². The zero-order chi connectivity index (χ0) is 11.4. The second-order valence-electron chi connectivity index (χ2n) is 6.27. The van der Waals surface area contributed by atoms with Crippen molar-refractivity contribution in [2.45, 2.75) is 83.1 Å². The van der Waals surface area contributed by atoms with Gasteiger partial charge in [-0.05, 0) is 37.5 Å². The van der Waals surface area contributed by atoms with Gasteiger partial charge in [-0.1, -0.05) is 51.9 Å². The number of hydrogen-bond donors (Lipinski definition) is 1. The van der Waals surface area contributed by atoms with E-state index in [2.05, 4.69) is 6.92 Å². The molecule has 0 unspecified atom stereocenters. The Morgan fingerprint density at radius 2 is 1.50 bits per heavy atom. The fraction of sp³-hybridized carbons (Fsp3) is 1.00. The Morgan fingerprint density at radius 3 is 2.00 bits per heavy atom. The van der Waals surface area contributed by atoms with Gasteiger partial charge in [-0.2, -0.15) is 0 Å². The summed E-state index contributed by atoms with van der Waals surface area (Å²) in [5.74, 6) is 1.85. The van der Waals surface area contributed by atoms with Crippen LogP contribution in [0.1, 0.15) is 77.6 Å². The Morgan fingerprint density at radius 1 is 0.938 bits per heavy atom. The maximum Gasteiger partial charge on any atom is 0.0182 e. The van der Waals surface area contributed by atoms with Crippen LogP contribution in [-0.4, -0.2) is 5.54 Å². The van der Waals surface area contributed by atoms with Gasteiger partial charge in [0.15, 0.2) is 0 Å². The van der Waals surface area contributed by atoms with Gasteiger partial charge in [0.05, 0.1) is 0 Å². The van der Waals surface area contributed by atoms with Crippen molar-refractivity contribution in [1.29, 1.82) is 0 Å². The molecule has 2 fully saturated rings. The van der Waals surface area contributed by atoms with E-state index >= 15 is 0 Å². The maximum absolute atomic E-state index is 6.72. The van der Waals surface area contributed by atoms with E-state index in [0.29, 0.717) is 0 Å². The summed E-state index contributed by atoms with van der Waals surface area (Å²) >= 11 is 0. The van der Waals surface area contributed by atoms with Crippen LogP contribution in [0.5, 0.6) is 0 Å². The second-order valence-corrected chi connectivity index (χ2v) is 6.27. The van der Waals surface area contributed by atoms with Crippen molar-refractivity contribution in [2.24, 2.45) is 17.6 Å². The third kappa shape index (κ3) is 2.80. The first-order valence-electron chi connectivity index (χ1n) is 7.53. The summed E-state index contributed by atoms with van der Waals surface area (Å²) in [6.07, 6.45) is 15.3. The molecule has 2 N–H and O–H groups in total. The number of nitrogens with two attached hydrogens (primary N) is 1. The fourth-order valence-electron chi connectivity index (χ4n) is 3.94. The molecule has 0 spiro atoms. The summed E-state index contributed by atoms with van der Waals surface area (Å²) in [7, 11) is 0. The molecule has 0 bridgehead atoms. The number of hydrogen-bond acceptors (Lipinski definition) is 1. The van der Waals surface area contributed by atoms with E-state index in [1.165, 1.54) is 70.6 Å². The average Bonchev–Trinajstić information content (AvgIpc) is 2.55. The molecule has 2 saturated carbocycles. The van der Waals surface area contributed by atoms with Gasteiger partial charge >= 0.3 is 0 Å². The third-order valence-electron chi connectivity index (χ3n) is 5.27. The van der Waals surface area contributed by atoms with E-state index in [1.54, 1.807) is 0 Å². The molecule has 0 amide bonds. The molecule has 0 aromatic heterocycles. The standard InChI is InChI=1S/C15H29N/c1-2-13-7-9-14(10-8-13)15(16)11-5-3-4-6-12-15/h13-14H,2-12,16H2,1H3. The van der Waals surface area contributed by atoms with E-state index in [4.69, 9.17) is 5.73 Å². The van der Waals surface area contributed by atoms with Gasteiger partial charge in [0.2, 0.25) is 0 Å². The van der Waals surface area contributed by atoms with Gasteiger partial charge in [0.25, 0.3) is 0 Å². The first kappa shape index (κ1) is 12.4. The van der Waals surface area contributed by atoms with E-state index in [1.807, 2.05) is 0 Å². The molecular weight excluding hydrogens is 194 g/mol. The molecule has 0 aromatic carbocycles. The largest absolute Gasteiger partial charge is 0.325 e. The monoisotopic (exact) mass is 223 g/mol. The molecule has 2 aliphatic carbocycles. The summed E-state index contributed by atoms with van der Waals surface area (Å²) in [5.41, 5.74) is 6.94. The molecule has 2 rings (SSSR count). The lowest BCUT2D eigenvalue weighted by Gasteiger charge is -2.41. The summed E-state index contributed by atoms with van der Waals surface area (Å²) in [4.78, 5) is 0. The average molecular weight is 223 g/mol. The minimum absolute atomic E-state index is 0.217. The lowest BCUT2D eigenvalue weighted by atomic mass is 9.69.